The second kappa shape index (κ2) is 6.69. The number of nitrogens with zero attached hydrogens (tertiary/aromatic N) is 1. The standard InChI is InChI=1S/C20H16F3NO4S/c1-2-29(26,27)17-8-7-15(11-3-4-11)24-18(17)14-10-28-16-9-12(20(21,22)23)5-6-13(16)19(14)25/h5-11H,2-4H2,1H3. The summed E-state index contributed by atoms with van der Waals surface area (Å²) in [6.45, 7) is 1.48. The third-order valence-corrected chi connectivity index (χ3v) is 6.71. The molecule has 0 atom stereocenters. The van der Waals surface area contributed by atoms with E-state index >= 15 is 0 Å². The van der Waals surface area contributed by atoms with Gasteiger partial charge in [0.1, 0.15) is 11.8 Å². The topological polar surface area (TPSA) is 77.2 Å². The molecule has 0 N–H and O–H groups in total. The van der Waals surface area contributed by atoms with E-state index in [0.29, 0.717) is 5.69 Å². The fraction of sp³-hybridized carbons (Fsp3) is 0.300. The number of sulfone groups is 1. The Kier molecular flexibility index (Phi) is 4.53. The third-order valence-electron chi connectivity index (χ3n) is 4.95. The summed E-state index contributed by atoms with van der Waals surface area (Å²) in [5.41, 5.74) is -1.23. The van der Waals surface area contributed by atoms with Crippen LogP contribution in [0.1, 0.15) is 36.9 Å². The van der Waals surface area contributed by atoms with Crippen molar-refractivity contribution in [2.45, 2.75) is 36.8 Å². The van der Waals surface area contributed by atoms with E-state index in [1.54, 1.807) is 6.07 Å². The van der Waals surface area contributed by atoms with Crippen LogP contribution >= 0.6 is 0 Å². The quantitative estimate of drug-likeness (QED) is 0.616. The van der Waals surface area contributed by atoms with Crippen LogP contribution in [0.25, 0.3) is 22.2 Å². The van der Waals surface area contributed by atoms with Gasteiger partial charge >= 0.3 is 6.18 Å². The highest BCUT2D eigenvalue weighted by Crippen LogP contribution is 2.40. The molecular formula is C20H16F3NO4S. The van der Waals surface area contributed by atoms with E-state index in [4.69, 9.17) is 4.42 Å². The molecule has 0 spiro atoms. The summed E-state index contributed by atoms with van der Waals surface area (Å²) in [4.78, 5) is 17.3. The first-order chi connectivity index (χ1) is 13.6. The molecule has 0 unspecified atom stereocenters. The number of halogens is 3. The molecule has 0 amide bonds. The first-order valence-corrected chi connectivity index (χ1v) is 10.6. The maximum Gasteiger partial charge on any atom is 0.416 e. The molecule has 2 heterocycles. The number of alkyl halides is 3. The Balaban J connectivity index is 1.95. The highest BCUT2D eigenvalue weighted by atomic mass is 32.2. The van der Waals surface area contributed by atoms with Crippen molar-refractivity contribution in [1.82, 2.24) is 4.98 Å². The Bertz CT molecular complexity index is 1280. The molecule has 0 aliphatic heterocycles. The van der Waals surface area contributed by atoms with E-state index in [2.05, 4.69) is 4.98 Å². The van der Waals surface area contributed by atoms with Crippen LogP contribution in [0.2, 0.25) is 0 Å². The molecule has 1 fully saturated rings. The van der Waals surface area contributed by atoms with E-state index < -0.39 is 27.0 Å². The van der Waals surface area contributed by atoms with E-state index in [-0.39, 0.29) is 38.8 Å². The highest BCUT2D eigenvalue weighted by Gasteiger charge is 2.32. The Morgan fingerprint density at radius 1 is 1.17 bits per heavy atom. The van der Waals surface area contributed by atoms with Gasteiger partial charge in [-0.15, -0.1) is 0 Å². The summed E-state index contributed by atoms with van der Waals surface area (Å²) >= 11 is 0. The van der Waals surface area contributed by atoms with Crippen molar-refractivity contribution in [3.8, 4) is 11.3 Å². The molecule has 1 saturated carbocycles. The number of benzene rings is 1. The SMILES string of the molecule is CCS(=O)(=O)c1ccc(C2CC2)nc1-c1coc2cc(C(F)(F)F)ccc2c1=O. The first-order valence-electron chi connectivity index (χ1n) is 8.98. The van der Waals surface area contributed by atoms with Gasteiger partial charge in [0.25, 0.3) is 0 Å². The van der Waals surface area contributed by atoms with Gasteiger partial charge in [0.15, 0.2) is 9.84 Å². The molecule has 9 heteroatoms. The lowest BCUT2D eigenvalue weighted by molar-refractivity contribution is -0.137. The van der Waals surface area contributed by atoms with E-state index in [9.17, 15) is 26.4 Å². The lowest BCUT2D eigenvalue weighted by atomic mass is 10.1. The lowest BCUT2D eigenvalue weighted by Crippen LogP contribution is -2.13. The van der Waals surface area contributed by atoms with Crippen LogP contribution in [0.5, 0.6) is 0 Å². The zero-order chi connectivity index (χ0) is 21.0. The minimum Gasteiger partial charge on any atom is -0.463 e. The van der Waals surface area contributed by atoms with Crippen molar-refractivity contribution in [3.05, 3.63) is 58.1 Å². The van der Waals surface area contributed by atoms with Crippen LogP contribution in [0.3, 0.4) is 0 Å². The Morgan fingerprint density at radius 2 is 1.90 bits per heavy atom. The molecule has 29 heavy (non-hydrogen) atoms. The Hall–Kier alpha value is -2.68. The van der Waals surface area contributed by atoms with Crippen molar-refractivity contribution in [2.75, 3.05) is 5.75 Å². The van der Waals surface area contributed by atoms with E-state index in [1.807, 2.05) is 0 Å². The molecule has 1 aliphatic carbocycles. The zero-order valence-corrected chi connectivity index (χ0v) is 16.1. The molecule has 152 valence electrons. The van der Waals surface area contributed by atoms with Gasteiger partial charge < -0.3 is 4.42 Å². The second-order valence-electron chi connectivity index (χ2n) is 6.95. The fourth-order valence-corrected chi connectivity index (χ4v) is 4.17. The molecule has 0 bridgehead atoms. The number of pyridine rings is 1. The average Bonchev–Trinajstić information content (AvgIpc) is 3.52. The highest BCUT2D eigenvalue weighted by molar-refractivity contribution is 7.91. The summed E-state index contributed by atoms with van der Waals surface area (Å²) in [5, 5.41) is -0.0750. The Labute approximate surface area is 164 Å². The summed E-state index contributed by atoms with van der Waals surface area (Å²) < 4.78 is 69.1. The second-order valence-corrected chi connectivity index (χ2v) is 9.19. The van der Waals surface area contributed by atoms with Crippen LogP contribution in [-0.2, 0) is 16.0 Å². The van der Waals surface area contributed by atoms with Crippen molar-refractivity contribution >= 4 is 20.8 Å². The van der Waals surface area contributed by atoms with Crippen LogP contribution < -0.4 is 5.43 Å². The smallest absolute Gasteiger partial charge is 0.416 e. The van der Waals surface area contributed by atoms with Gasteiger partial charge in [0, 0.05) is 11.6 Å². The maximum atomic E-state index is 13.0. The molecule has 1 aliphatic rings. The maximum absolute atomic E-state index is 13.0. The normalized spacial score (nSPS) is 15.0. The summed E-state index contributed by atoms with van der Waals surface area (Å²) in [5.74, 6) is 0.0344. The van der Waals surface area contributed by atoms with Crippen molar-refractivity contribution in [3.63, 3.8) is 0 Å². The van der Waals surface area contributed by atoms with Crippen LogP contribution in [-0.4, -0.2) is 19.2 Å². The Morgan fingerprint density at radius 3 is 2.52 bits per heavy atom. The summed E-state index contributed by atoms with van der Waals surface area (Å²) in [6.07, 6.45) is -1.73. The molecule has 2 aromatic heterocycles. The van der Waals surface area contributed by atoms with E-state index in [1.165, 1.54) is 13.0 Å². The van der Waals surface area contributed by atoms with Crippen LogP contribution in [0.4, 0.5) is 13.2 Å². The third kappa shape index (κ3) is 3.55. The molecule has 5 nitrogen and oxygen atoms in total. The molecule has 0 radical (unpaired) electrons. The lowest BCUT2D eigenvalue weighted by Gasteiger charge is -2.11. The number of aromatic nitrogens is 1. The molecule has 0 saturated heterocycles. The number of rotatable bonds is 4. The minimum atomic E-state index is -4.58. The van der Waals surface area contributed by atoms with E-state index in [0.717, 1.165) is 37.3 Å². The van der Waals surface area contributed by atoms with Crippen molar-refractivity contribution in [1.29, 1.82) is 0 Å². The van der Waals surface area contributed by atoms with Gasteiger partial charge in [-0.1, -0.05) is 6.92 Å². The van der Waals surface area contributed by atoms with Gasteiger partial charge in [-0.3, -0.25) is 9.78 Å². The zero-order valence-electron chi connectivity index (χ0n) is 15.3. The minimum absolute atomic E-state index is 0.0215. The predicted molar refractivity (Wildman–Crippen MR) is 100 cm³/mol. The predicted octanol–water partition coefficient (Wildman–Crippen LogP) is 4.54. The van der Waals surface area contributed by atoms with Crippen molar-refractivity contribution in [2.24, 2.45) is 0 Å². The van der Waals surface area contributed by atoms with Crippen molar-refractivity contribution < 1.29 is 26.0 Å². The fourth-order valence-electron chi connectivity index (χ4n) is 3.14. The van der Waals surface area contributed by atoms with Gasteiger partial charge in [-0.05, 0) is 43.2 Å². The molecular weight excluding hydrogens is 407 g/mol. The van der Waals surface area contributed by atoms with Gasteiger partial charge in [0.2, 0.25) is 5.43 Å². The molecule has 4 rings (SSSR count). The summed E-state index contributed by atoms with van der Waals surface area (Å²) in [6, 6.07) is 5.65. The summed E-state index contributed by atoms with van der Waals surface area (Å²) in [7, 11) is -3.69. The average molecular weight is 423 g/mol. The molecule has 1 aromatic carbocycles. The van der Waals surface area contributed by atoms with Gasteiger partial charge in [-0.2, -0.15) is 13.2 Å². The first kappa shape index (κ1) is 19.6. The van der Waals surface area contributed by atoms with Crippen LogP contribution in [0, 0.1) is 0 Å². The molecule has 3 aromatic rings. The number of hydrogen-bond donors (Lipinski definition) is 0. The van der Waals surface area contributed by atoms with Gasteiger partial charge in [0.05, 0.1) is 32.9 Å². The largest absolute Gasteiger partial charge is 0.463 e. The monoisotopic (exact) mass is 423 g/mol. The number of hydrogen-bond acceptors (Lipinski definition) is 5. The van der Waals surface area contributed by atoms with Crippen LogP contribution in [0.15, 0.2) is 50.7 Å². The number of fused-ring (bicyclic) bond motifs is 1. The van der Waals surface area contributed by atoms with Gasteiger partial charge in [-0.25, -0.2) is 8.42 Å².